The average molecular weight is 932 g/mol. The molecule has 55 heavy (non-hydrogen) atoms. The third-order valence-corrected chi connectivity index (χ3v) is 6.69. The van der Waals surface area contributed by atoms with E-state index in [0.29, 0.717) is 4.74 Å². The zero-order chi connectivity index (χ0) is 45.9. The molecule has 0 unspecified atom stereocenters. The summed E-state index contributed by atoms with van der Waals surface area (Å²) < 4.78 is 469. The fourth-order valence-corrected chi connectivity index (χ4v) is 3.12. The van der Waals surface area contributed by atoms with Crippen molar-refractivity contribution in [2.75, 3.05) is 0 Å². The van der Waals surface area contributed by atoms with Crippen LogP contribution in [-0.2, 0) is 19.6 Å². The minimum atomic E-state index is -10.2. The van der Waals surface area contributed by atoms with Gasteiger partial charge in [-0.25, -0.2) is 9.47 Å². The summed E-state index contributed by atoms with van der Waals surface area (Å²) in [6, 6.07) is 0. The monoisotopic (exact) mass is 932 g/mol. The Hall–Kier alpha value is -2.48. The molecule has 1 N–H and O–H groups in total. The second-order valence-corrected chi connectivity index (χ2v) is 11.0. The van der Waals surface area contributed by atoms with Crippen molar-refractivity contribution in [1.29, 1.82) is 0 Å². The minimum absolute atomic E-state index is 0.698. The van der Waals surface area contributed by atoms with Crippen LogP contribution in [0.1, 0.15) is 0 Å². The predicted octanol–water partition coefficient (Wildman–Crippen LogP) is 9.79. The highest BCUT2D eigenvalue weighted by Gasteiger charge is 3.00. The Morgan fingerprint density at radius 3 is 0.655 bits per heavy atom. The van der Waals surface area contributed by atoms with Crippen LogP contribution in [0.25, 0.3) is 0 Å². The zero-order valence-corrected chi connectivity index (χ0v) is 23.8. The van der Waals surface area contributed by atoms with Gasteiger partial charge in [-0.2, -0.15) is 153 Å². The average Bonchev–Trinajstić information content (AvgIpc) is 2.89. The third kappa shape index (κ3) is 6.88. The first-order valence-electron chi connectivity index (χ1n) is 11.0. The van der Waals surface area contributed by atoms with Crippen LogP contribution in [0.3, 0.4) is 0 Å². The molecule has 0 heterocycles. The first kappa shape index (κ1) is 52.5. The van der Waals surface area contributed by atoms with Crippen LogP contribution < -0.4 is 0 Å². The summed E-state index contributed by atoms with van der Waals surface area (Å²) >= 11 is 0. The van der Waals surface area contributed by atoms with Crippen LogP contribution in [0.5, 0.6) is 0 Å². The highest BCUT2D eigenvalue weighted by atomic mass is 32.2. The number of hydrogen-bond donors (Lipinski definition) is 1. The van der Waals surface area contributed by atoms with E-state index in [1.54, 1.807) is 0 Å². The van der Waals surface area contributed by atoms with Gasteiger partial charge in [-0.05, 0) is 0 Å². The van der Waals surface area contributed by atoms with Crippen LogP contribution in [0.4, 0.5) is 145 Å². The molecule has 332 valence electrons. The molecular weight excluding hydrogens is 931 g/mol. The molecule has 0 saturated carbocycles. The number of halogens is 33. The molecule has 39 heteroatoms. The van der Waals surface area contributed by atoms with Crippen LogP contribution in [-0.4, -0.2) is 108 Å². The van der Waals surface area contributed by atoms with Crippen molar-refractivity contribution in [3.63, 3.8) is 0 Å². The zero-order valence-electron chi connectivity index (χ0n) is 23.0. The lowest BCUT2D eigenvalue weighted by atomic mass is 9.85. The molecule has 0 aliphatic heterocycles. The van der Waals surface area contributed by atoms with Crippen molar-refractivity contribution >= 4 is 10.1 Å². The number of hydrogen-bond acceptors (Lipinski definition) is 4. The van der Waals surface area contributed by atoms with E-state index in [2.05, 4.69) is 0 Å². The molecule has 0 spiro atoms. The van der Waals surface area contributed by atoms with E-state index >= 15 is 0 Å². The summed E-state index contributed by atoms with van der Waals surface area (Å²) in [6.45, 7) is 0. The molecule has 0 atom stereocenters. The molecule has 0 bridgehead atoms. The quantitative estimate of drug-likeness (QED) is 0.116. The molecule has 0 aromatic heterocycles. The molecule has 0 rings (SSSR count). The second-order valence-electron chi connectivity index (χ2n) is 9.50. The van der Waals surface area contributed by atoms with Gasteiger partial charge in [0.25, 0.3) is 0 Å². The first-order chi connectivity index (χ1) is 22.9. The fraction of sp³-hybridized carbons (Fsp3) is 1.00. The number of rotatable bonds is 17. The summed E-state index contributed by atoms with van der Waals surface area (Å²) in [4.78, 5) is 0. The summed E-state index contributed by atoms with van der Waals surface area (Å²) in [7, 11) is -8.43. The van der Waals surface area contributed by atoms with Crippen molar-refractivity contribution in [2.24, 2.45) is 0 Å². The van der Waals surface area contributed by atoms with E-state index in [9.17, 15) is 153 Å². The topological polar surface area (TPSA) is 72.8 Å². The van der Waals surface area contributed by atoms with Crippen molar-refractivity contribution in [2.45, 2.75) is 95.1 Å². The maximum Gasteiger partial charge on any atom is 0.483 e. The van der Waals surface area contributed by atoms with E-state index in [4.69, 9.17) is 4.55 Å². The van der Waals surface area contributed by atoms with Gasteiger partial charge in [0.05, 0.1) is 0 Å². The molecule has 0 aliphatic rings. The second kappa shape index (κ2) is 12.8. The molecular formula is C16HF33O5S. The van der Waals surface area contributed by atoms with E-state index in [-0.39, 0.29) is 0 Å². The molecule has 0 aromatic carbocycles. The van der Waals surface area contributed by atoms with Gasteiger partial charge in [-0.1, -0.05) is 0 Å². The van der Waals surface area contributed by atoms with Crippen LogP contribution in [0, 0.1) is 0 Å². The van der Waals surface area contributed by atoms with E-state index in [1.807, 2.05) is 0 Å². The minimum Gasteiger partial charge on any atom is -0.281 e. The molecule has 5 nitrogen and oxygen atoms in total. The van der Waals surface area contributed by atoms with Gasteiger partial charge < -0.3 is 0 Å². The predicted molar refractivity (Wildman–Crippen MR) is 94.0 cm³/mol. The first-order valence-corrected chi connectivity index (χ1v) is 12.5. The fourth-order valence-electron chi connectivity index (χ4n) is 2.67. The van der Waals surface area contributed by atoms with Gasteiger partial charge in [-0.15, -0.1) is 0 Å². The molecule has 0 saturated heterocycles. The largest absolute Gasteiger partial charge is 0.483 e. The van der Waals surface area contributed by atoms with Crippen molar-refractivity contribution < 1.29 is 167 Å². The maximum absolute atomic E-state index is 13.8. The standard InChI is InChI=1S/C16HF33O5S/c17-1(18,2(19,20)4(23,24)6(27,28)8(31,32)10(35,36)16(48,49)55(50,51)52)3(21,22)5(25,26)7(29,30)9(33,34)12(40,41)53-14(44,45)15(46,47)54-13(42,43)11(37,38)39/h(H,50,51,52). The summed E-state index contributed by atoms with van der Waals surface area (Å²) in [5, 5.41) is -8.41. The van der Waals surface area contributed by atoms with E-state index in [0.717, 1.165) is 4.74 Å². The van der Waals surface area contributed by atoms with Gasteiger partial charge in [0.1, 0.15) is 0 Å². The highest BCUT2D eigenvalue weighted by molar-refractivity contribution is 7.87. The molecule has 0 radical (unpaired) electrons. The molecule has 0 amide bonds. The Morgan fingerprint density at radius 1 is 0.273 bits per heavy atom. The summed E-state index contributed by atoms with van der Waals surface area (Å²) in [6.07, 6.45) is -41.5. The molecule has 0 aromatic rings. The Morgan fingerprint density at radius 2 is 0.455 bits per heavy atom. The van der Waals surface area contributed by atoms with Crippen LogP contribution >= 0.6 is 0 Å². The Balaban J connectivity index is 7.48. The normalized spacial score (nSPS) is 17.2. The molecule has 0 fully saturated rings. The van der Waals surface area contributed by atoms with E-state index < -0.39 is 105 Å². The van der Waals surface area contributed by atoms with Gasteiger partial charge in [0.15, 0.2) is 0 Å². The lowest BCUT2D eigenvalue weighted by Gasteiger charge is -2.45. The lowest BCUT2D eigenvalue weighted by molar-refractivity contribution is -0.557. The van der Waals surface area contributed by atoms with Gasteiger partial charge in [0, 0.05) is 0 Å². The van der Waals surface area contributed by atoms with E-state index in [1.165, 1.54) is 0 Å². The SMILES string of the molecule is O=S(=O)(O)C(F)(F)C(F)(F)C(F)(F)C(F)(F)C(F)(F)C(F)(F)C(F)(F)C(F)(F)C(F)(F)C(F)(F)C(F)(F)C(F)(F)OC(F)(F)C(F)(F)OC(F)(F)C(F)(F)F. The van der Waals surface area contributed by atoms with Gasteiger partial charge >= 0.3 is 105 Å². The Labute approximate surface area is 274 Å². The Bertz CT molecular complexity index is 1520. The number of alkyl halides is 33. The summed E-state index contributed by atoms with van der Waals surface area (Å²) in [5.41, 5.74) is 0. The molecule has 0 aliphatic carbocycles. The summed E-state index contributed by atoms with van der Waals surface area (Å²) in [5.74, 6) is -98.7. The van der Waals surface area contributed by atoms with Crippen molar-refractivity contribution in [3.8, 4) is 0 Å². The van der Waals surface area contributed by atoms with Gasteiger partial charge in [-0.3, -0.25) is 4.55 Å². The lowest BCUT2D eigenvalue weighted by Crippen LogP contribution is -2.78. The van der Waals surface area contributed by atoms with Crippen LogP contribution in [0.15, 0.2) is 0 Å². The maximum atomic E-state index is 13.8. The van der Waals surface area contributed by atoms with Crippen molar-refractivity contribution in [1.82, 2.24) is 0 Å². The van der Waals surface area contributed by atoms with Crippen LogP contribution in [0.2, 0.25) is 0 Å². The third-order valence-electron chi connectivity index (χ3n) is 5.79. The van der Waals surface area contributed by atoms with Crippen molar-refractivity contribution in [3.05, 3.63) is 0 Å². The van der Waals surface area contributed by atoms with Gasteiger partial charge in [0.2, 0.25) is 0 Å². The Kier molecular flexibility index (Phi) is 12.2. The highest BCUT2D eigenvalue weighted by Crippen LogP contribution is 2.68. The smallest absolute Gasteiger partial charge is 0.281 e. The number of ether oxygens (including phenoxy) is 2.